The minimum atomic E-state index is -0.201. The number of hydrogen-bond acceptors (Lipinski definition) is 6. The second kappa shape index (κ2) is 10.1. The van der Waals surface area contributed by atoms with E-state index >= 15 is 0 Å². The number of likely N-dealkylation sites (tertiary alicyclic amines) is 1. The Kier molecular flexibility index (Phi) is 7.50. The van der Waals surface area contributed by atoms with Gasteiger partial charge >= 0.3 is 0 Å². The van der Waals surface area contributed by atoms with Gasteiger partial charge < -0.3 is 19.9 Å². The fourth-order valence-electron chi connectivity index (χ4n) is 3.69. The number of rotatable bonds is 8. The Bertz CT molecular complexity index is 857. The summed E-state index contributed by atoms with van der Waals surface area (Å²) in [6, 6.07) is 13.3. The van der Waals surface area contributed by atoms with Gasteiger partial charge in [0.05, 0.1) is 20.3 Å². The molecule has 0 aliphatic carbocycles. The minimum Gasteiger partial charge on any atom is -0.504 e. The molecule has 0 bridgehead atoms. The Morgan fingerprint density at radius 3 is 2.53 bits per heavy atom. The topological polar surface area (TPSA) is 71.0 Å². The van der Waals surface area contributed by atoms with Crippen molar-refractivity contribution in [3.63, 3.8) is 0 Å². The lowest BCUT2D eigenvalue weighted by Gasteiger charge is -2.24. The molecule has 1 fully saturated rings. The van der Waals surface area contributed by atoms with Gasteiger partial charge in [-0.05, 0) is 62.2 Å². The SMILES string of the molecule is COc1ccc(S[C@@H]2C[C@@H](C(=O)NC(C)C)N(Cc3ccc(OC)c(O)c3)C2)cc1. The van der Waals surface area contributed by atoms with Crippen LogP contribution in [0.2, 0.25) is 0 Å². The van der Waals surface area contributed by atoms with Crippen molar-refractivity contribution in [3.05, 3.63) is 48.0 Å². The van der Waals surface area contributed by atoms with E-state index < -0.39 is 0 Å². The van der Waals surface area contributed by atoms with E-state index in [1.54, 1.807) is 31.0 Å². The van der Waals surface area contributed by atoms with Gasteiger partial charge in [0.1, 0.15) is 5.75 Å². The molecule has 3 rings (SSSR count). The van der Waals surface area contributed by atoms with Crippen molar-refractivity contribution in [1.29, 1.82) is 0 Å². The maximum absolute atomic E-state index is 12.9. The van der Waals surface area contributed by atoms with Gasteiger partial charge in [-0.15, -0.1) is 11.8 Å². The van der Waals surface area contributed by atoms with Crippen LogP contribution in [0.25, 0.3) is 0 Å². The Morgan fingerprint density at radius 2 is 1.93 bits per heavy atom. The van der Waals surface area contributed by atoms with Gasteiger partial charge in [0.2, 0.25) is 5.91 Å². The van der Waals surface area contributed by atoms with Gasteiger partial charge in [-0.3, -0.25) is 9.69 Å². The molecule has 1 heterocycles. The lowest BCUT2D eigenvalue weighted by atomic mass is 10.1. The molecule has 6 nitrogen and oxygen atoms in total. The summed E-state index contributed by atoms with van der Waals surface area (Å²) >= 11 is 1.79. The predicted octanol–water partition coefficient (Wildman–Crippen LogP) is 3.67. The summed E-state index contributed by atoms with van der Waals surface area (Å²) in [5.41, 5.74) is 0.950. The molecular formula is C23H30N2O4S. The molecule has 1 aliphatic rings. The monoisotopic (exact) mass is 430 g/mol. The first-order valence-corrected chi connectivity index (χ1v) is 11.0. The summed E-state index contributed by atoms with van der Waals surface area (Å²) in [6.45, 7) is 5.33. The number of hydrogen-bond donors (Lipinski definition) is 2. The average molecular weight is 431 g/mol. The molecule has 0 radical (unpaired) electrons. The zero-order valence-electron chi connectivity index (χ0n) is 17.9. The summed E-state index contributed by atoms with van der Waals surface area (Å²) in [5, 5.41) is 13.5. The van der Waals surface area contributed by atoms with Crippen molar-refractivity contribution in [3.8, 4) is 17.2 Å². The number of nitrogens with zero attached hydrogens (tertiary/aromatic N) is 1. The lowest BCUT2D eigenvalue weighted by molar-refractivity contribution is -0.126. The number of phenols is 1. The molecule has 30 heavy (non-hydrogen) atoms. The van der Waals surface area contributed by atoms with Crippen molar-refractivity contribution < 1.29 is 19.4 Å². The first-order valence-electron chi connectivity index (χ1n) is 10.1. The van der Waals surface area contributed by atoms with E-state index in [1.165, 1.54) is 7.11 Å². The van der Waals surface area contributed by atoms with E-state index in [-0.39, 0.29) is 23.7 Å². The maximum atomic E-state index is 12.9. The molecule has 0 saturated carbocycles. The van der Waals surface area contributed by atoms with E-state index in [4.69, 9.17) is 9.47 Å². The molecule has 1 amide bonds. The van der Waals surface area contributed by atoms with Crippen molar-refractivity contribution >= 4 is 17.7 Å². The molecular weight excluding hydrogens is 400 g/mol. The smallest absolute Gasteiger partial charge is 0.237 e. The summed E-state index contributed by atoms with van der Waals surface area (Å²) in [6.07, 6.45) is 0.775. The Balaban J connectivity index is 1.73. The highest BCUT2D eigenvalue weighted by molar-refractivity contribution is 8.00. The van der Waals surface area contributed by atoms with Gasteiger partial charge in [0.25, 0.3) is 0 Å². The van der Waals surface area contributed by atoms with Crippen LogP contribution < -0.4 is 14.8 Å². The highest BCUT2D eigenvalue weighted by Gasteiger charge is 2.37. The number of methoxy groups -OCH3 is 2. The number of carbonyl (C=O) groups excluding carboxylic acids is 1. The van der Waals surface area contributed by atoms with Crippen LogP contribution in [0, 0.1) is 0 Å². The molecule has 7 heteroatoms. The third-order valence-electron chi connectivity index (χ3n) is 5.09. The predicted molar refractivity (Wildman–Crippen MR) is 119 cm³/mol. The van der Waals surface area contributed by atoms with E-state index in [0.717, 1.165) is 29.2 Å². The Morgan fingerprint density at radius 1 is 1.20 bits per heavy atom. The molecule has 162 valence electrons. The fourth-order valence-corrected chi connectivity index (χ4v) is 4.91. The molecule has 2 atom stereocenters. The van der Waals surface area contributed by atoms with Crippen LogP contribution in [0.1, 0.15) is 25.8 Å². The first-order chi connectivity index (χ1) is 14.4. The average Bonchev–Trinajstić information content (AvgIpc) is 3.10. The quantitative estimate of drug-likeness (QED) is 0.666. The summed E-state index contributed by atoms with van der Waals surface area (Å²) in [7, 11) is 3.19. The molecule has 1 aliphatic heterocycles. The molecule has 0 unspecified atom stereocenters. The van der Waals surface area contributed by atoms with Gasteiger partial charge in [0.15, 0.2) is 11.5 Å². The number of ether oxygens (including phenoxy) is 2. The third-order valence-corrected chi connectivity index (χ3v) is 6.31. The standard InChI is InChI=1S/C23H30N2O4S/c1-15(2)24-23(27)20-12-19(30-18-8-6-17(28-3)7-9-18)14-25(20)13-16-5-10-22(29-4)21(26)11-16/h5-11,15,19-20,26H,12-14H2,1-4H3,(H,24,27)/t19-,20+/m1/s1. The molecule has 2 aromatic carbocycles. The van der Waals surface area contributed by atoms with Crippen molar-refractivity contribution in [2.24, 2.45) is 0 Å². The van der Waals surface area contributed by atoms with Gasteiger partial charge in [-0.25, -0.2) is 0 Å². The van der Waals surface area contributed by atoms with E-state index in [1.807, 2.05) is 32.0 Å². The number of benzene rings is 2. The van der Waals surface area contributed by atoms with Crippen molar-refractivity contribution in [2.45, 2.75) is 49.0 Å². The number of amides is 1. The van der Waals surface area contributed by atoms with Crippen LogP contribution in [0.15, 0.2) is 47.4 Å². The van der Waals surface area contributed by atoms with Crippen LogP contribution in [0.4, 0.5) is 0 Å². The second-order valence-electron chi connectivity index (χ2n) is 7.77. The third kappa shape index (κ3) is 5.61. The van der Waals surface area contributed by atoms with Gasteiger partial charge in [0, 0.05) is 29.3 Å². The van der Waals surface area contributed by atoms with Crippen LogP contribution in [0.3, 0.4) is 0 Å². The zero-order chi connectivity index (χ0) is 21.7. The number of thioether (sulfide) groups is 1. The number of nitrogens with one attached hydrogen (secondary N) is 1. The fraction of sp³-hybridized carbons (Fsp3) is 0.435. The Labute approximate surface area is 182 Å². The molecule has 1 saturated heterocycles. The first kappa shape index (κ1) is 22.3. The zero-order valence-corrected chi connectivity index (χ0v) is 18.7. The summed E-state index contributed by atoms with van der Waals surface area (Å²) in [4.78, 5) is 16.2. The highest BCUT2D eigenvalue weighted by Crippen LogP contribution is 2.35. The van der Waals surface area contributed by atoms with Crippen LogP contribution in [0.5, 0.6) is 17.2 Å². The molecule has 0 spiro atoms. The van der Waals surface area contributed by atoms with Crippen LogP contribution in [-0.2, 0) is 11.3 Å². The van der Waals surface area contributed by atoms with Crippen LogP contribution in [-0.4, -0.2) is 54.0 Å². The highest BCUT2D eigenvalue weighted by atomic mass is 32.2. The van der Waals surface area contributed by atoms with Crippen molar-refractivity contribution in [1.82, 2.24) is 10.2 Å². The summed E-state index contributed by atoms with van der Waals surface area (Å²) < 4.78 is 10.4. The molecule has 2 aromatic rings. The largest absolute Gasteiger partial charge is 0.504 e. The summed E-state index contributed by atoms with van der Waals surface area (Å²) in [5.74, 6) is 1.45. The maximum Gasteiger partial charge on any atom is 0.237 e. The number of aromatic hydroxyl groups is 1. The van der Waals surface area contributed by atoms with Crippen LogP contribution >= 0.6 is 11.8 Å². The van der Waals surface area contributed by atoms with Gasteiger partial charge in [-0.2, -0.15) is 0 Å². The molecule has 2 N–H and O–H groups in total. The minimum absolute atomic E-state index is 0.0561. The second-order valence-corrected chi connectivity index (χ2v) is 9.14. The molecule has 0 aromatic heterocycles. The van der Waals surface area contributed by atoms with E-state index in [9.17, 15) is 9.90 Å². The lowest BCUT2D eigenvalue weighted by Crippen LogP contribution is -2.45. The van der Waals surface area contributed by atoms with Gasteiger partial charge in [-0.1, -0.05) is 6.07 Å². The normalized spacial score (nSPS) is 19.1. The number of carbonyl (C=O) groups is 1. The van der Waals surface area contributed by atoms with E-state index in [0.29, 0.717) is 17.5 Å². The number of phenolic OH excluding ortho intramolecular Hbond substituents is 1. The van der Waals surface area contributed by atoms with E-state index in [2.05, 4.69) is 22.3 Å². The van der Waals surface area contributed by atoms with Crippen molar-refractivity contribution in [2.75, 3.05) is 20.8 Å². The Hall–Kier alpha value is -2.38.